The van der Waals surface area contributed by atoms with E-state index in [9.17, 15) is 0 Å². The maximum Gasteiger partial charge on any atom is 0.110 e. The van der Waals surface area contributed by atoms with Gasteiger partial charge in [-0.25, -0.2) is 4.98 Å². The van der Waals surface area contributed by atoms with Crippen LogP contribution in [0.3, 0.4) is 0 Å². The maximum absolute atomic E-state index is 5.85. The lowest BCUT2D eigenvalue weighted by Gasteiger charge is -2.14. The third-order valence-corrected chi connectivity index (χ3v) is 2.91. The van der Waals surface area contributed by atoms with Crippen molar-refractivity contribution in [1.29, 1.82) is 0 Å². The first-order valence-electron chi connectivity index (χ1n) is 5.91. The van der Waals surface area contributed by atoms with Crippen molar-refractivity contribution in [2.45, 2.75) is 58.0 Å². The van der Waals surface area contributed by atoms with Crippen molar-refractivity contribution >= 4 is 0 Å². The van der Waals surface area contributed by atoms with Gasteiger partial charge in [-0.05, 0) is 25.7 Å². The van der Waals surface area contributed by atoms with E-state index in [1.165, 1.54) is 24.4 Å². The molecule has 0 radical (unpaired) electrons. The molecule has 3 heteroatoms. The van der Waals surface area contributed by atoms with E-state index >= 15 is 0 Å². The van der Waals surface area contributed by atoms with Crippen molar-refractivity contribution in [3.05, 3.63) is 17.7 Å². The summed E-state index contributed by atoms with van der Waals surface area (Å²) in [6.45, 7) is 6.50. The Bertz CT molecular complexity index is 335. The zero-order valence-electron chi connectivity index (χ0n) is 9.90. The topological polar surface area (TPSA) is 43.8 Å². The number of rotatable bonds is 4. The maximum atomic E-state index is 5.85. The lowest BCUT2D eigenvalue weighted by molar-refractivity contribution is 0.594. The summed E-state index contributed by atoms with van der Waals surface area (Å²) in [5, 5.41) is 0. The lowest BCUT2D eigenvalue weighted by Crippen LogP contribution is -2.21. The van der Waals surface area contributed by atoms with Gasteiger partial charge in [-0.3, -0.25) is 0 Å². The first-order valence-corrected chi connectivity index (χ1v) is 5.91. The summed E-state index contributed by atoms with van der Waals surface area (Å²) in [5.74, 6) is 1.73. The second kappa shape index (κ2) is 3.97. The van der Waals surface area contributed by atoms with Crippen LogP contribution in [-0.2, 0) is 6.42 Å². The van der Waals surface area contributed by atoms with E-state index in [-0.39, 0.29) is 6.04 Å². The van der Waals surface area contributed by atoms with Crippen molar-refractivity contribution in [3.63, 3.8) is 0 Å². The molecule has 0 spiro atoms. The average molecular weight is 207 g/mol. The predicted octanol–water partition coefficient (Wildman–Crippen LogP) is 2.23. The molecule has 1 aliphatic carbocycles. The summed E-state index contributed by atoms with van der Waals surface area (Å²) in [6.07, 6.45) is 5.54. The minimum Gasteiger partial charge on any atom is -0.329 e. The summed E-state index contributed by atoms with van der Waals surface area (Å²) in [7, 11) is 0. The van der Waals surface area contributed by atoms with Crippen molar-refractivity contribution in [1.82, 2.24) is 9.55 Å². The Morgan fingerprint density at radius 2 is 2.13 bits per heavy atom. The highest BCUT2D eigenvalue weighted by Crippen LogP contribution is 2.38. The predicted molar refractivity (Wildman–Crippen MR) is 61.9 cm³/mol. The number of nitrogens with two attached hydrogens (primary N) is 1. The highest BCUT2D eigenvalue weighted by atomic mass is 15.1. The zero-order chi connectivity index (χ0) is 11.0. The van der Waals surface area contributed by atoms with E-state index in [1.54, 1.807) is 0 Å². The Balaban J connectivity index is 2.29. The van der Waals surface area contributed by atoms with Gasteiger partial charge in [0.2, 0.25) is 0 Å². The molecule has 0 bridgehead atoms. The third kappa shape index (κ3) is 2.23. The van der Waals surface area contributed by atoms with Crippen molar-refractivity contribution in [2.24, 2.45) is 5.73 Å². The Hall–Kier alpha value is -0.830. The van der Waals surface area contributed by atoms with Crippen LogP contribution in [0, 0.1) is 0 Å². The van der Waals surface area contributed by atoms with Gasteiger partial charge < -0.3 is 10.3 Å². The molecule has 2 N–H and O–H groups in total. The van der Waals surface area contributed by atoms with Crippen molar-refractivity contribution in [2.75, 3.05) is 0 Å². The van der Waals surface area contributed by atoms with E-state index in [2.05, 4.69) is 23.4 Å². The van der Waals surface area contributed by atoms with Gasteiger partial charge in [-0.2, -0.15) is 0 Å². The number of nitrogens with zero attached hydrogens (tertiary/aromatic N) is 2. The minimum absolute atomic E-state index is 0.199. The Morgan fingerprint density at radius 1 is 1.47 bits per heavy atom. The number of imidazole rings is 1. The number of hydrogen-bond donors (Lipinski definition) is 1. The number of aromatic nitrogens is 2. The van der Waals surface area contributed by atoms with Crippen LogP contribution in [0.5, 0.6) is 0 Å². The van der Waals surface area contributed by atoms with Gasteiger partial charge in [0.05, 0.1) is 0 Å². The van der Waals surface area contributed by atoms with Gasteiger partial charge >= 0.3 is 0 Å². The summed E-state index contributed by atoms with van der Waals surface area (Å²) >= 11 is 0. The first kappa shape index (κ1) is 10.7. The first-order chi connectivity index (χ1) is 7.09. The van der Waals surface area contributed by atoms with Gasteiger partial charge in [0.15, 0.2) is 0 Å². The molecule has 1 aromatic rings. The molecule has 1 heterocycles. The molecule has 0 saturated heterocycles. The zero-order valence-corrected chi connectivity index (χ0v) is 9.90. The van der Waals surface area contributed by atoms with Crippen LogP contribution in [0.15, 0.2) is 6.20 Å². The molecule has 84 valence electrons. The molecular weight excluding hydrogens is 186 g/mol. The van der Waals surface area contributed by atoms with E-state index in [1.807, 2.05) is 13.1 Å². The molecule has 0 amide bonds. The van der Waals surface area contributed by atoms with Crippen molar-refractivity contribution < 1.29 is 0 Å². The van der Waals surface area contributed by atoms with Gasteiger partial charge in [0.25, 0.3) is 0 Å². The van der Waals surface area contributed by atoms with Crippen molar-refractivity contribution in [3.8, 4) is 0 Å². The summed E-state index contributed by atoms with van der Waals surface area (Å²) < 4.78 is 2.42. The van der Waals surface area contributed by atoms with Gasteiger partial charge in [-0.1, -0.05) is 13.8 Å². The highest BCUT2D eigenvalue weighted by Gasteiger charge is 2.29. The Labute approximate surface area is 91.7 Å². The Morgan fingerprint density at radius 3 is 2.60 bits per heavy atom. The summed E-state index contributed by atoms with van der Waals surface area (Å²) in [6, 6.07) is 0.906. The molecule has 1 aromatic heterocycles. The second-order valence-corrected chi connectivity index (χ2v) is 5.04. The van der Waals surface area contributed by atoms with Gasteiger partial charge in [0, 0.05) is 30.4 Å². The fraction of sp³-hybridized carbons (Fsp3) is 0.750. The van der Waals surface area contributed by atoms with Crippen LogP contribution >= 0.6 is 0 Å². The van der Waals surface area contributed by atoms with Crippen LogP contribution in [0.2, 0.25) is 0 Å². The SMILES string of the molecule is CC(N)Cc1ncc(C(C)C)n1C1CC1. The van der Waals surface area contributed by atoms with Crippen LogP contribution in [-0.4, -0.2) is 15.6 Å². The Kier molecular flexibility index (Phi) is 2.83. The van der Waals surface area contributed by atoms with Crippen LogP contribution in [0.25, 0.3) is 0 Å². The smallest absolute Gasteiger partial charge is 0.110 e. The van der Waals surface area contributed by atoms with Gasteiger partial charge in [-0.15, -0.1) is 0 Å². The normalized spacial score (nSPS) is 18.5. The molecular formula is C12H21N3. The van der Waals surface area contributed by atoms with Gasteiger partial charge in [0.1, 0.15) is 5.82 Å². The molecule has 2 rings (SSSR count). The number of hydrogen-bond acceptors (Lipinski definition) is 2. The van der Waals surface area contributed by atoms with Crippen LogP contribution in [0.4, 0.5) is 0 Å². The molecule has 1 aliphatic rings. The molecule has 0 aromatic carbocycles. The molecule has 15 heavy (non-hydrogen) atoms. The van der Waals surface area contributed by atoms with E-state index in [0.717, 1.165) is 6.42 Å². The molecule has 1 atom stereocenters. The molecule has 3 nitrogen and oxygen atoms in total. The minimum atomic E-state index is 0.199. The molecule has 1 unspecified atom stereocenters. The largest absolute Gasteiger partial charge is 0.329 e. The molecule has 0 aliphatic heterocycles. The molecule has 1 saturated carbocycles. The quantitative estimate of drug-likeness (QED) is 0.822. The summed E-state index contributed by atoms with van der Waals surface area (Å²) in [4.78, 5) is 4.52. The molecule has 1 fully saturated rings. The van der Waals surface area contributed by atoms with Crippen LogP contribution in [0.1, 0.15) is 57.1 Å². The fourth-order valence-corrected chi connectivity index (χ4v) is 2.03. The highest BCUT2D eigenvalue weighted by molar-refractivity contribution is 5.14. The second-order valence-electron chi connectivity index (χ2n) is 5.04. The average Bonchev–Trinajstić information content (AvgIpc) is 2.87. The third-order valence-electron chi connectivity index (χ3n) is 2.91. The monoisotopic (exact) mass is 207 g/mol. The van der Waals surface area contributed by atoms with E-state index < -0.39 is 0 Å². The lowest BCUT2D eigenvalue weighted by atomic mass is 10.1. The summed E-state index contributed by atoms with van der Waals surface area (Å²) in [5.41, 5.74) is 7.21. The standard InChI is InChI=1S/C12H21N3/c1-8(2)11-7-14-12(6-9(3)13)15(11)10-4-5-10/h7-10H,4-6,13H2,1-3H3. The van der Waals surface area contributed by atoms with Crippen LogP contribution < -0.4 is 5.73 Å². The fourth-order valence-electron chi connectivity index (χ4n) is 2.03. The van der Waals surface area contributed by atoms with E-state index in [0.29, 0.717) is 12.0 Å². The van der Waals surface area contributed by atoms with E-state index in [4.69, 9.17) is 5.73 Å².